The number of halogens is 8. The number of nitrogens with zero attached hydrogens (tertiary/aromatic N) is 3. The number of carboxylic acids is 2. The summed E-state index contributed by atoms with van der Waals surface area (Å²) in [7, 11) is 0. The highest BCUT2D eigenvalue weighted by Crippen LogP contribution is 2.43. The molecule has 0 bridgehead atoms. The maximum absolute atomic E-state index is 12.8. The van der Waals surface area contributed by atoms with Crippen LogP contribution in [0.2, 0.25) is 0 Å². The van der Waals surface area contributed by atoms with Crippen molar-refractivity contribution in [2.75, 3.05) is 5.73 Å². The molecule has 0 fully saturated rings. The van der Waals surface area contributed by atoms with E-state index in [1.807, 2.05) is 0 Å². The summed E-state index contributed by atoms with van der Waals surface area (Å²) in [6.45, 7) is -2.97. The lowest BCUT2D eigenvalue weighted by atomic mass is 9.85. The molecule has 2 aromatic heterocycles. The van der Waals surface area contributed by atoms with Crippen LogP contribution >= 0.6 is 0 Å². The van der Waals surface area contributed by atoms with Crippen molar-refractivity contribution in [1.29, 1.82) is 5.26 Å². The van der Waals surface area contributed by atoms with E-state index in [2.05, 4.69) is 26.0 Å². The monoisotopic (exact) mass is 581 g/mol. The number of aromatic amines is 1. The number of pyridine rings is 1. The summed E-state index contributed by atoms with van der Waals surface area (Å²) in [5.41, 5.74) is 10.2. The van der Waals surface area contributed by atoms with E-state index < -0.39 is 30.9 Å². The molecule has 0 aliphatic heterocycles. The third kappa shape index (κ3) is 7.55. The lowest BCUT2D eigenvalue weighted by molar-refractivity contribution is -0.193. The first-order valence-electron chi connectivity index (χ1n) is 10.4. The van der Waals surface area contributed by atoms with Gasteiger partial charge in [0.15, 0.2) is 0 Å². The number of alkyl halides is 8. The number of nitrogens with two attached hydrogens (primary N) is 1. The van der Waals surface area contributed by atoms with Crippen molar-refractivity contribution in [2.24, 2.45) is 0 Å². The Hall–Kier alpha value is -4.95. The average molecular weight is 581 g/mol. The van der Waals surface area contributed by atoms with Gasteiger partial charge in [0.25, 0.3) is 0 Å². The Bertz CT molecular complexity index is 1410. The highest BCUT2D eigenvalue weighted by atomic mass is 19.4. The van der Waals surface area contributed by atoms with Gasteiger partial charge in [-0.05, 0) is 24.5 Å². The molecule has 0 atom stereocenters. The predicted octanol–water partition coefficient (Wildman–Crippen LogP) is 4.56. The lowest BCUT2D eigenvalue weighted by Gasteiger charge is -2.22. The number of fused-ring (bicyclic) bond motifs is 3. The molecule has 0 spiro atoms. The Kier molecular flexibility index (Phi) is 9.59. The second-order valence-corrected chi connectivity index (χ2v) is 7.43. The molecular formula is C22H15F8N5O5. The lowest BCUT2D eigenvalue weighted by Crippen LogP contribution is -2.21. The van der Waals surface area contributed by atoms with Crippen molar-refractivity contribution in [3.63, 3.8) is 0 Å². The van der Waals surface area contributed by atoms with Crippen LogP contribution in [0, 0.1) is 11.3 Å². The van der Waals surface area contributed by atoms with E-state index in [1.54, 1.807) is 24.4 Å². The van der Waals surface area contributed by atoms with Gasteiger partial charge in [0, 0.05) is 22.4 Å². The number of nitriles is 1. The van der Waals surface area contributed by atoms with Gasteiger partial charge in [-0.1, -0.05) is 18.2 Å². The summed E-state index contributed by atoms with van der Waals surface area (Å²) in [5.74, 6) is -5.48. The largest absolute Gasteiger partial charge is 0.490 e. The summed E-state index contributed by atoms with van der Waals surface area (Å²) in [6.07, 6.45) is -7.27. The fraction of sp³-hybridized carbons (Fsp3) is 0.227. The van der Waals surface area contributed by atoms with Gasteiger partial charge < -0.3 is 20.7 Å². The number of carbonyl (C=O) groups is 2. The quantitative estimate of drug-likeness (QED) is 0.323. The molecule has 4 rings (SSSR count). The van der Waals surface area contributed by atoms with Gasteiger partial charge in [0.1, 0.15) is 23.2 Å². The van der Waals surface area contributed by atoms with Crippen LogP contribution in [-0.2, 0) is 22.4 Å². The van der Waals surface area contributed by atoms with Crippen LogP contribution < -0.4 is 10.5 Å². The van der Waals surface area contributed by atoms with Crippen LogP contribution in [0.25, 0.3) is 22.4 Å². The smallest absolute Gasteiger partial charge is 0.475 e. The number of nitrogens with one attached hydrogen (secondary N) is 1. The van der Waals surface area contributed by atoms with E-state index in [0.717, 1.165) is 16.8 Å². The number of ether oxygens (including phenoxy) is 1. The van der Waals surface area contributed by atoms with E-state index in [1.165, 1.54) is 6.07 Å². The molecule has 0 amide bonds. The fourth-order valence-electron chi connectivity index (χ4n) is 3.35. The SMILES string of the molecule is N#Cc1c(N)nc2c(c1-c1ccccc1OC(F)F)CCc1[nH]ncc1-2.O=C(O)C(F)(F)F.O=C(O)C(F)(F)F. The highest BCUT2D eigenvalue weighted by Gasteiger charge is 2.39. The number of hydrogen-bond donors (Lipinski definition) is 4. The fourth-order valence-corrected chi connectivity index (χ4v) is 3.35. The normalized spacial score (nSPS) is 12.0. The van der Waals surface area contributed by atoms with Gasteiger partial charge in [-0.15, -0.1) is 0 Å². The molecule has 10 nitrogen and oxygen atoms in total. The van der Waals surface area contributed by atoms with Crippen molar-refractivity contribution < 1.29 is 59.7 Å². The third-order valence-electron chi connectivity index (χ3n) is 4.89. The standard InChI is InChI=1S/C18H13F2N5O.2C2HF3O2/c19-18(20)26-14-4-2-1-3-9(14)15-10-5-6-13-12(8-23-25-13)16(10)24-17(22)11(15)7-21;2*3-2(4,5)1(6)7/h1-4,8,18H,5-6H2,(H2,22,24)(H,23,25);2*(H,6,7). The Morgan fingerprint density at radius 3 is 2.08 bits per heavy atom. The summed E-state index contributed by atoms with van der Waals surface area (Å²) in [6, 6.07) is 8.43. The Morgan fingerprint density at radius 1 is 1.02 bits per heavy atom. The number of rotatable bonds is 3. The number of benzene rings is 1. The van der Waals surface area contributed by atoms with E-state index in [0.29, 0.717) is 29.7 Å². The molecule has 18 heteroatoms. The minimum absolute atomic E-state index is 0.00945. The molecule has 0 saturated carbocycles. The number of aromatic nitrogens is 3. The van der Waals surface area contributed by atoms with E-state index in [9.17, 15) is 40.4 Å². The second kappa shape index (κ2) is 12.3. The van der Waals surface area contributed by atoms with Crippen LogP contribution in [0.4, 0.5) is 40.9 Å². The minimum atomic E-state index is -5.08. The van der Waals surface area contributed by atoms with Gasteiger partial charge in [0.2, 0.25) is 0 Å². The molecule has 0 saturated heterocycles. The first kappa shape index (κ1) is 31.3. The molecule has 0 radical (unpaired) electrons. The molecule has 3 aromatic rings. The predicted molar refractivity (Wildman–Crippen MR) is 118 cm³/mol. The zero-order chi connectivity index (χ0) is 30.4. The highest BCUT2D eigenvalue weighted by molar-refractivity contribution is 5.88. The number of carboxylic acid groups (broad SMARTS) is 2. The summed E-state index contributed by atoms with van der Waals surface area (Å²) in [4.78, 5) is 22.2. The van der Waals surface area contributed by atoms with Crippen LogP contribution in [0.15, 0.2) is 30.5 Å². The molecule has 1 aliphatic rings. The van der Waals surface area contributed by atoms with Gasteiger partial charge in [0.05, 0.1) is 11.9 Å². The Labute approximate surface area is 217 Å². The van der Waals surface area contributed by atoms with Gasteiger partial charge in [-0.3, -0.25) is 5.10 Å². The number of para-hydroxylation sites is 1. The van der Waals surface area contributed by atoms with Crippen molar-refractivity contribution in [3.05, 3.63) is 47.3 Å². The van der Waals surface area contributed by atoms with Crippen molar-refractivity contribution in [1.82, 2.24) is 15.2 Å². The van der Waals surface area contributed by atoms with E-state index >= 15 is 0 Å². The van der Waals surface area contributed by atoms with Gasteiger partial charge >= 0.3 is 30.9 Å². The number of anilines is 1. The summed E-state index contributed by atoms with van der Waals surface area (Å²) < 4.78 is 93.8. The third-order valence-corrected chi connectivity index (χ3v) is 4.89. The van der Waals surface area contributed by atoms with E-state index in [-0.39, 0.29) is 17.1 Å². The number of hydrogen-bond acceptors (Lipinski definition) is 7. The van der Waals surface area contributed by atoms with Crippen molar-refractivity contribution >= 4 is 17.8 Å². The molecule has 214 valence electrons. The van der Waals surface area contributed by atoms with Crippen LogP contribution in [0.5, 0.6) is 5.75 Å². The first-order valence-corrected chi connectivity index (χ1v) is 10.4. The number of aryl methyl sites for hydroxylation is 1. The molecule has 1 aliphatic carbocycles. The Morgan fingerprint density at radius 2 is 1.57 bits per heavy atom. The number of nitrogen functional groups attached to an aromatic ring is 1. The molecule has 2 heterocycles. The number of H-pyrrole nitrogens is 1. The Balaban J connectivity index is 0.000000333. The van der Waals surface area contributed by atoms with Crippen molar-refractivity contribution in [3.8, 4) is 34.2 Å². The minimum Gasteiger partial charge on any atom is -0.475 e. The van der Waals surface area contributed by atoms with Gasteiger partial charge in [-0.25, -0.2) is 14.6 Å². The average Bonchev–Trinajstić information content (AvgIpc) is 3.32. The van der Waals surface area contributed by atoms with E-state index in [4.69, 9.17) is 25.5 Å². The topological polar surface area (TPSA) is 175 Å². The van der Waals surface area contributed by atoms with Crippen LogP contribution in [0.1, 0.15) is 16.8 Å². The maximum atomic E-state index is 12.8. The molecule has 5 N–H and O–H groups in total. The second-order valence-electron chi connectivity index (χ2n) is 7.43. The summed E-state index contributed by atoms with van der Waals surface area (Å²) >= 11 is 0. The number of aliphatic carboxylic acids is 2. The zero-order valence-corrected chi connectivity index (χ0v) is 19.4. The molecule has 0 unspecified atom stereocenters. The first-order chi connectivity index (χ1) is 18.5. The van der Waals surface area contributed by atoms with Crippen LogP contribution in [0.3, 0.4) is 0 Å². The van der Waals surface area contributed by atoms with Gasteiger partial charge in [-0.2, -0.15) is 45.5 Å². The maximum Gasteiger partial charge on any atom is 0.490 e. The molecular weight excluding hydrogens is 566 g/mol. The van der Waals surface area contributed by atoms with Crippen molar-refractivity contribution in [2.45, 2.75) is 31.8 Å². The van der Waals surface area contributed by atoms with Crippen LogP contribution in [-0.4, -0.2) is 56.3 Å². The summed E-state index contributed by atoms with van der Waals surface area (Å²) in [5, 5.41) is 30.8. The molecule has 40 heavy (non-hydrogen) atoms. The zero-order valence-electron chi connectivity index (χ0n) is 19.4. The molecule has 1 aromatic carbocycles.